The average Bonchev–Trinajstić information content (AvgIpc) is 2.04. The summed E-state index contributed by atoms with van der Waals surface area (Å²) >= 11 is 3.91. The first-order chi connectivity index (χ1) is 6.09. The Morgan fingerprint density at radius 1 is 1.62 bits per heavy atom. The second-order valence-electron chi connectivity index (χ2n) is 3.03. The zero-order valence-electron chi connectivity index (χ0n) is 7.36. The molecule has 0 amide bonds. The van der Waals surface area contributed by atoms with Crippen LogP contribution in [0.15, 0.2) is 24.3 Å². The number of hydrogen-bond donors (Lipinski definition) is 1. The lowest BCUT2D eigenvalue weighted by molar-refractivity contribution is -0.304. The number of aryl methyl sites for hydroxylation is 1. The second kappa shape index (κ2) is 4.33. The molecule has 0 bridgehead atoms. The molecule has 0 saturated heterocycles. The van der Waals surface area contributed by atoms with Gasteiger partial charge < -0.3 is 9.90 Å². The minimum Gasteiger partial charge on any atom is -0.549 e. The van der Waals surface area contributed by atoms with Crippen LogP contribution in [0.5, 0.6) is 0 Å². The van der Waals surface area contributed by atoms with E-state index in [1.807, 2.05) is 31.2 Å². The fourth-order valence-electron chi connectivity index (χ4n) is 1.15. The summed E-state index contributed by atoms with van der Waals surface area (Å²) in [4.78, 5) is 10.4. The lowest BCUT2D eigenvalue weighted by Crippen LogP contribution is -2.33. The van der Waals surface area contributed by atoms with Crippen LogP contribution in [0.4, 0.5) is 0 Å². The summed E-state index contributed by atoms with van der Waals surface area (Å²) in [5.41, 5.74) is 2.10. The Bertz CT molecular complexity index is 310. The summed E-state index contributed by atoms with van der Waals surface area (Å²) in [6, 6.07) is 7.71. The van der Waals surface area contributed by atoms with Crippen LogP contribution in [0.25, 0.3) is 0 Å². The molecule has 0 aromatic heterocycles. The van der Waals surface area contributed by atoms with Crippen LogP contribution >= 0.6 is 12.6 Å². The first kappa shape index (κ1) is 10.1. The predicted molar refractivity (Wildman–Crippen MR) is 52.7 cm³/mol. The Morgan fingerprint density at radius 2 is 2.31 bits per heavy atom. The Balaban J connectivity index is 2.69. The molecule has 2 nitrogen and oxygen atoms in total. The number of aliphatic carboxylic acids is 1. The maximum Gasteiger partial charge on any atom is 0.0545 e. The van der Waals surface area contributed by atoms with Crippen LogP contribution < -0.4 is 5.11 Å². The van der Waals surface area contributed by atoms with E-state index in [-0.39, 0.29) is 0 Å². The first-order valence-corrected chi connectivity index (χ1v) is 4.55. The van der Waals surface area contributed by atoms with Gasteiger partial charge in [0.1, 0.15) is 0 Å². The molecule has 0 N–H and O–H groups in total. The summed E-state index contributed by atoms with van der Waals surface area (Å²) in [6.07, 6.45) is 0.410. The van der Waals surface area contributed by atoms with Crippen molar-refractivity contribution in [1.29, 1.82) is 0 Å². The molecule has 0 aliphatic rings. The number of benzene rings is 1. The summed E-state index contributed by atoms with van der Waals surface area (Å²) in [7, 11) is 0. The van der Waals surface area contributed by atoms with Gasteiger partial charge in [-0.25, -0.2) is 0 Å². The Labute approximate surface area is 83.0 Å². The van der Waals surface area contributed by atoms with Gasteiger partial charge in [-0.1, -0.05) is 29.8 Å². The Morgan fingerprint density at radius 3 is 2.85 bits per heavy atom. The summed E-state index contributed by atoms with van der Waals surface area (Å²) in [5, 5.41) is 9.68. The molecule has 0 radical (unpaired) electrons. The van der Waals surface area contributed by atoms with Gasteiger partial charge in [0.15, 0.2) is 0 Å². The highest BCUT2D eigenvalue weighted by Crippen LogP contribution is 2.09. The van der Waals surface area contributed by atoms with E-state index in [0.717, 1.165) is 11.1 Å². The molecule has 0 spiro atoms. The van der Waals surface area contributed by atoms with Crippen LogP contribution in [0.2, 0.25) is 0 Å². The number of carbonyl (C=O) groups excluding carboxylic acids is 1. The Hall–Kier alpha value is -0.960. The van der Waals surface area contributed by atoms with Gasteiger partial charge in [0.2, 0.25) is 0 Å². The standard InChI is InChI=1S/C10H12O2S/c1-7-3-2-4-8(5-7)6-9(13)10(11)12/h2-5,9,13H,6H2,1H3,(H,11,12)/p-1. The largest absolute Gasteiger partial charge is 0.549 e. The van der Waals surface area contributed by atoms with Gasteiger partial charge in [-0.2, -0.15) is 12.6 Å². The van der Waals surface area contributed by atoms with Gasteiger partial charge in [0.25, 0.3) is 0 Å². The van der Waals surface area contributed by atoms with Gasteiger partial charge in [-0.05, 0) is 18.9 Å². The molecular weight excluding hydrogens is 184 g/mol. The highest BCUT2D eigenvalue weighted by molar-refractivity contribution is 7.81. The van der Waals surface area contributed by atoms with Crippen LogP contribution in [-0.2, 0) is 11.2 Å². The lowest BCUT2D eigenvalue weighted by Gasteiger charge is -2.11. The minimum atomic E-state index is -1.12. The third kappa shape index (κ3) is 3.11. The molecular formula is C10H11O2S-. The number of carbonyl (C=O) groups is 1. The Kier molecular flexibility index (Phi) is 3.37. The molecule has 0 aliphatic carbocycles. The first-order valence-electron chi connectivity index (χ1n) is 4.04. The fourth-order valence-corrected chi connectivity index (χ4v) is 1.36. The number of hydrogen-bond acceptors (Lipinski definition) is 3. The molecule has 13 heavy (non-hydrogen) atoms. The number of carboxylic acid groups (broad SMARTS) is 1. The highest BCUT2D eigenvalue weighted by atomic mass is 32.1. The molecule has 1 aromatic carbocycles. The van der Waals surface area contributed by atoms with E-state index in [9.17, 15) is 9.90 Å². The molecule has 1 atom stereocenters. The molecule has 70 valence electrons. The zero-order chi connectivity index (χ0) is 9.84. The number of rotatable bonds is 3. The van der Waals surface area contributed by atoms with Crippen molar-refractivity contribution in [2.24, 2.45) is 0 Å². The molecule has 1 unspecified atom stereocenters. The monoisotopic (exact) mass is 195 g/mol. The van der Waals surface area contributed by atoms with Crippen molar-refractivity contribution in [2.45, 2.75) is 18.6 Å². The molecule has 0 aliphatic heterocycles. The molecule has 0 saturated carbocycles. The van der Waals surface area contributed by atoms with Crippen molar-refractivity contribution in [3.05, 3.63) is 35.4 Å². The van der Waals surface area contributed by atoms with Gasteiger partial charge in [0, 0.05) is 5.25 Å². The smallest absolute Gasteiger partial charge is 0.0545 e. The maximum atomic E-state index is 10.4. The topological polar surface area (TPSA) is 40.1 Å². The van der Waals surface area contributed by atoms with E-state index < -0.39 is 11.2 Å². The van der Waals surface area contributed by atoms with Crippen molar-refractivity contribution in [3.8, 4) is 0 Å². The average molecular weight is 195 g/mol. The third-order valence-corrected chi connectivity index (χ3v) is 2.18. The summed E-state index contributed by atoms with van der Waals surface area (Å²) < 4.78 is 0. The molecule has 0 heterocycles. The predicted octanol–water partition coefficient (Wildman–Crippen LogP) is 0.586. The quantitative estimate of drug-likeness (QED) is 0.717. The third-order valence-electron chi connectivity index (χ3n) is 1.78. The van der Waals surface area contributed by atoms with Crippen LogP contribution in [0.3, 0.4) is 0 Å². The van der Waals surface area contributed by atoms with Gasteiger partial charge in [-0.3, -0.25) is 0 Å². The van der Waals surface area contributed by atoms with Crippen molar-refractivity contribution in [1.82, 2.24) is 0 Å². The van der Waals surface area contributed by atoms with Gasteiger partial charge >= 0.3 is 0 Å². The van der Waals surface area contributed by atoms with E-state index >= 15 is 0 Å². The molecule has 0 fully saturated rings. The van der Waals surface area contributed by atoms with E-state index in [0.29, 0.717) is 6.42 Å². The number of thiol groups is 1. The van der Waals surface area contributed by atoms with Gasteiger partial charge in [0.05, 0.1) is 5.97 Å². The van der Waals surface area contributed by atoms with E-state index in [1.165, 1.54) is 0 Å². The van der Waals surface area contributed by atoms with Crippen LogP contribution in [-0.4, -0.2) is 11.2 Å². The summed E-state index contributed by atoms with van der Waals surface area (Å²) in [5.74, 6) is -1.12. The van der Waals surface area contributed by atoms with Crippen molar-refractivity contribution in [2.75, 3.05) is 0 Å². The SMILES string of the molecule is Cc1cccc(CC(S)C(=O)[O-])c1. The minimum absolute atomic E-state index is 0.410. The lowest BCUT2D eigenvalue weighted by atomic mass is 10.1. The van der Waals surface area contributed by atoms with E-state index in [4.69, 9.17) is 0 Å². The van der Waals surface area contributed by atoms with Crippen LogP contribution in [0.1, 0.15) is 11.1 Å². The van der Waals surface area contributed by atoms with Crippen molar-refractivity contribution in [3.63, 3.8) is 0 Å². The van der Waals surface area contributed by atoms with Crippen LogP contribution in [0, 0.1) is 6.92 Å². The summed E-state index contributed by atoms with van der Waals surface area (Å²) in [6.45, 7) is 1.97. The molecule has 3 heteroatoms. The second-order valence-corrected chi connectivity index (χ2v) is 3.65. The van der Waals surface area contributed by atoms with Crippen molar-refractivity contribution >= 4 is 18.6 Å². The van der Waals surface area contributed by atoms with E-state index in [1.54, 1.807) is 0 Å². The molecule has 1 aromatic rings. The normalized spacial score (nSPS) is 12.5. The van der Waals surface area contributed by atoms with Crippen molar-refractivity contribution < 1.29 is 9.90 Å². The molecule has 1 rings (SSSR count). The van der Waals surface area contributed by atoms with Gasteiger partial charge in [-0.15, -0.1) is 0 Å². The maximum absolute atomic E-state index is 10.4. The zero-order valence-corrected chi connectivity index (χ0v) is 8.25. The van der Waals surface area contributed by atoms with E-state index in [2.05, 4.69) is 12.6 Å². The fraction of sp³-hybridized carbons (Fsp3) is 0.300. The number of carboxylic acids is 1. The highest BCUT2D eigenvalue weighted by Gasteiger charge is 2.04.